The molecule has 0 amide bonds. The molecule has 1 rings (SSSR count). The van der Waals surface area contributed by atoms with Crippen LogP contribution in [-0.2, 0) is 6.54 Å². The molecule has 0 saturated carbocycles. The second-order valence-electron chi connectivity index (χ2n) is 5.00. The Morgan fingerprint density at radius 3 is 2.67 bits per heavy atom. The number of nitrogens with zero attached hydrogens (tertiary/aromatic N) is 1. The van der Waals surface area contributed by atoms with Gasteiger partial charge in [0.25, 0.3) is 0 Å². The molecule has 0 unspecified atom stereocenters. The summed E-state index contributed by atoms with van der Waals surface area (Å²) in [5, 5.41) is 3.42. The van der Waals surface area contributed by atoms with Crippen molar-refractivity contribution in [2.45, 2.75) is 33.7 Å². The van der Waals surface area contributed by atoms with Crippen molar-refractivity contribution in [3.05, 3.63) is 28.5 Å². The average Bonchev–Trinajstić information content (AvgIpc) is 2.11. The van der Waals surface area contributed by atoms with Crippen LogP contribution in [0, 0.1) is 5.41 Å². The van der Waals surface area contributed by atoms with Gasteiger partial charge in [0.2, 0.25) is 0 Å². The van der Waals surface area contributed by atoms with Crippen LogP contribution >= 0.6 is 15.9 Å². The zero-order valence-electron chi connectivity index (χ0n) is 9.68. The fraction of sp³-hybridized carbons (Fsp3) is 0.583. The molecule has 1 heterocycles. The maximum atomic E-state index is 4.12. The maximum Gasteiger partial charge on any atom is 0.0410 e. The van der Waals surface area contributed by atoms with Crippen molar-refractivity contribution < 1.29 is 0 Å². The molecule has 0 fully saturated rings. The minimum absolute atomic E-state index is 0.405. The van der Waals surface area contributed by atoms with Crippen molar-refractivity contribution in [2.75, 3.05) is 6.54 Å². The molecule has 15 heavy (non-hydrogen) atoms. The van der Waals surface area contributed by atoms with E-state index in [0.29, 0.717) is 5.41 Å². The molecule has 0 aliphatic carbocycles. The third kappa shape index (κ3) is 5.90. The quantitative estimate of drug-likeness (QED) is 0.849. The summed E-state index contributed by atoms with van der Waals surface area (Å²) in [6, 6.07) is 2.09. The van der Waals surface area contributed by atoms with Gasteiger partial charge in [-0.15, -0.1) is 0 Å². The van der Waals surface area contributed by atoms with Crippen LogP contribution < -0.4 is 5.32 Å². The normalized spacial score (nSPS) is 11.7. The molecule has 0 spiro atoms. The third-order valence-corrected chi connectivity index (χ3v) is 2.58. The maximum absolute atomic E-state index is 4.12. The second-order valence-corrected chi connectivity index (χ2v) is 5.91. The van der Waals surface area contributed by atoms with Gasteiger partial charge >= 0.3 is 0 Å². The van der Waals surface area contributed by atoms with Gasteiger partial charge < -0.3 is 5.32 Å². The minimum Gasteiger partial charge on any atom is -0.313 e. The Morgan fingerprint density at radius 1 is 1.33 bits per heavy atom. The number of hydrogen-bond donors (Lipinski definition) is 1. The zero-order chi connectivity index (χ0) is 11.3. The molecule has 2 nitrogen and oxygen atoms in total. The van der Waals surface area contributed by atoms with Gasteiger partial charge in [-0.3, -0.25) is 4.98 Å². The molecular weight excluding hydrogens is 252 g/mol. The monoisotopic (exact) mass is 270 g/mol. The highest BCUT2D eigenvalue weighted by atomic mass is 79.9. The number of pyridine rings is 1. The van der Waals surface area contributed by atoms with Crippen LogP contribution in [0.15, 0.2) is 22.9 Å². The summed E-state index contributed by atoms with van der Waals surface area (Å²) in [5.74, 6) is 0. The van der Waals surface area contributed by atoms with Gasteiger partial charge in [-0.25, -0.2) is 0 Å². The van der Waals surface area contributed by atoms with Gasteiger partial charge in [0.05, 0.1) is 0 Å². The van der Waals surface area contributed by atoms with E-state index in [-0.39, 0.29) is 0 Å². The Labute approximate surface area is 101 Å². The summed E-state index contributed by atoms with van der Waals surface area (Å²) < 4.78 is 1.04. The first-order valence-corrected chi connectivity index (χ1v) is 6.07. The van der Waals surface area contributed by atoms with Gasteiger partial charge in [-0.2, -0.15) is 0 Å². The van der Waals surface area contributed by atoms with E-state index in [1.54, 1.807) is 6.20 Å². The minimum atomic E-state index is 0.405. The molecule has 1 aromatic rings. The fourth-order valence-electron chi connectivity index (χ4n) is 1.25. The van der Waals surface area contributed by atoms with E-state index in [2.05, 4.69) is 53.1 Å². The lowest BCUT2D eigenvalue weighted by molar-refractivity contribution is 0.366. The molecule has 0 aliphatic heterocycles. The third-order valence-electron chi connectivity index (χ3n) is 2.14. The van der Waals surface area contributed by atoms with Crippen molar-refractivity contribution >= 4 is 15.9 Å². The molecule has 3 heteroatoms. The lowest BCUT2D eigenvalue weighted by Crippen LogP contribution is -2.20. The SMILES string of the molecule is CC(C)(C)CCNCc1cncc(Br)c1. The smallest absolute Gasteiger partial charge is 0.0410 e. The first-order chi connectivity index (χ1) is 6.97. The Morgan fingerprint density at radius 2 is 2.07 bits per heavy atom. The zero-order valence-corrected chi connectivity index (χ0v) is 11.3. The summed E-state index contributed by atoms with van der Waals surface area (Å²) in [6.45, 7) is 8.72. The fourth-order valence-corrected chi connectivity index (χ4v) is 1.66. The van der Waals surface area contributed by atoms with Gasteiger partial charge in [-0.05, 0) is 45.9 Å². The van der Waals surface area contributed by atoms with E-state index in [0.717, 1.165) is 17.6 Å². The first-order valence-electron chi connectivity index (χ1n) is 5.27. The molecule has 1 aromatic heterocycles. The van der Waals surface area contributed by atoms with Crippen LogP contribution in [0.1, 0.15) is 32.8 Å². The van der Waals surface area contributed by atoms with E-state index >= 15 is 0 Å². The van der Waals surface area contributed by atoms with E-state index < -0.39 is 0 Å². The van der Waals surface area contributed by atoms with Gasteiger partial charge in [0, 0.05) is 23.4 Å². The van der Waals surface area contributed by atoms with Gasteiger partial charge in [0.15, 0.2) is 0 Å². The van der Waals surface area contributed by atoms with Crippen molar-refractivity contribution in [3.63, 3.8) is 0 Å². The molecule has 0 bridgehead atoms. The lowest BCUT2D eigenvalue weighted by atomic mass is 9.92. The summed E-state index contributed by atoms with van der Waals surface area (Å²) in [6.07, 6.45) is 4.89. The first kappa shape index (κ1) is 12.7. The molecule has 0 aromatic carbocycles. The summed E-state index contributed by atoms with van der Waals surface area (Å²) in [4.78, 5) is 4.12. The topological polar surface area (TPSA) is 24.9 Å². The highest BCUT2D eigenvalue weighted by Gasteiger charge is 2.08. The average molecular weight is 271 g/mol. The number of hydrogen-bond acceptors (Lipinski definition) is 2. The van der Waals surface area contributed by atoms with Crippen LogP contribution in [0.3, 0.4) is 0 Å². The van der Waals surface area contributed by atoms with E-state index in [1.807, 2.05) is 6.20 Å². The highest BCUT2D eigenvalue weighted by molar-refractivity contribution is 9.10. The number of rotatable bonds is 4. The molecule has 0 radical (unpaired) electrons. The summed E-state index contributed by atoms with van der Waals surface area (Å²) >= 11 is 3.41. The number of halogens is 1. The predicted octanol–water partition coefficient (Wildman–Crippen LogP) is 3.37. The van der Waals surface area contributed by atoms with Crippen LogP contribution in [0.25, 0.3) is 0 Å². The Balaban J connectivity index is 2.26. The predicted molar refractivity (Wildman–Crippen MR) is 67.7 cm³/mol. The van der Waals surface area contributed by atoms with E-state index in [9.17, 15) is 0 Å². The molecule has 0 aliphatic rings. The van der Waals surface area contributed by atoms with E-state index in [4.69, 9.17) is 0 Å². The van der Waals surface area contributed by atoms with Crippen LogP contribution in [0.4, 0.5) is 0 Å². The van der Waals surface area contributed by atoms with Gasteiger partial charge in [-0.1, -0.05) is 20.8 Å². The van der Waals surface area contributed by atoms with Crippen molar-refractivity contribution in [2.24, 2.45) is 5.41 Å². The van der Waals surface area contributed by atoms with Crippen LogP contribution in [0.5, 0.6) is 0 Å². The van der Waals surface area contributed by atoms with Crippen molar-refractivity contribution in [1.29, 1.82) is 0 Å². The van der Waals surface area contributed by atoms with Gasteiger partial charge in [0.1, 0.15) is 0 Å². The Bertz CT molecular complexity index is 305. The second kappa shape index (κ2) is 5.61. The lowest BCUT2D eigenvalue weighted by Gasteiger charge is -2.18. The summed E-state index contributed by atoms with van der Waals surface area (Å²) in [7, 11) is 0. The summed E-state index contributed by atoms with van der Waals surface area (Å²) in [5.41, 5.74) is 1.63. The molecule has 0 saturated heterocycles. The standard InChI is InChI=1S/C12H19BrN2/c1-12(2,3)4-5-14-7-10-6-11(13)9-15-8-10/h6,8-9,14H,4-5,7H2,1-3H3. The van der Waals surface area contributed by atoms with Crippen LogP contribution in [-0.4, -0.2) is 11.5 Å². The van der Waals surface area contributed by atoms with E-state index in [1.165, 1.54) is 12.0 Å². The highest BCUT2D eigenvalue weighted by Crippen LogP contribution is 2.17. The molecular formula is C12H19BrN2. The van der Waals surface area contributed by atoms with Crippen LogP contribution in [0.2, 0.25) is 0 Å². The van der Waals surface area contributed by atoms with Crippen molar-refractivity contribution in [1.82, 2.24) is 10.3 Å². The largest absolute Gasteiger partial charge is 0.313 e. The Kier molecular flexibility index (Phi) is 4.74. The van der Waals surface area contributed by atoms with Crippen molar-refractivity contribution in [3.8, 4) is 0 Å². The Hall–Kier alpha value is -0.410. The molecule has 1 N–H and O–H groups in total. The molecule has 84 valence electrons. The number of nitrogens with one attached hydrogen (secondary N) is 1. The molecule has 0 atom stereocenters. The number of aromatic nitrogens is 1.